The number of nitrogens with zero attached hydrogens (tertiary/aromatic N) is 3. The van der Waals surface area contributed by atoms with Crippen LogP contribution in [0.3, 0.4) is 0 Å². The molecule has 1 fully saturated rings. The number of piperidine rings is 1. The van der Waals surface area contributed by atoms with Crippen LogP contribution in [-0.2, 0) is 20.4 Å². The second kappa shape index (κ2) is 9.65. The summed E-state index contributed by atoms with van der Waals surface area (Å²) in [6.45, 7) is 8.65. The Balaban J connectivity index is 2.11. The van der Waals surface area contributed by atoms with Crippen LogP contribution in [-0.4, -0.2) is 69.3 Å². The minimum Gasteiger partial charge on any atom is -0.464 e. The van der Waals surface area contributed by atoms with Gasteiger partial charge in [0.25, 0.3) is 0 Å². The van der Waals surface area contributed by atoms with E-state index in [1.54, 1.807) is 32.6 Å². The number of ether oxygens (including phenoxy) is 2. The Morgan fingerprint density at radius 3 is 2.31 bits per heavy atom. The number of aromatic nitrogens is 2. The van der Waals surface area contributed by atoms with Crippen LogP contribution in [0.5, 0.6) is 0 Å². The molecule has 9 nitrogen and oxygen atoms in total. The molecule has 1 amide bonds. The predicted octanol–water partition coefficient (Wildman–Crippen LogP) is 3.20. The van der Waals surface area contributed by atoms with Crippen LogP contribution in [0.1, 0.15) is 59.2 Å². The number of hydrogen-bond donors (Lipinski definition) is 2. The van der Waals surface area contributed by atoms with Crippen molar-refractivity contribution in [3.05, 3.63) is 11.9 Å². The van der Waals surface area contributed by atoms with E-state index in [4.69, 9.17) is 9.47 Å². The van der Waals surface area contributed by atoms with E-state index in [0.717, 1.165) is 10.9 Å². The second-order valence-electron chi connectivity index (χ2n) is 8.98. The van der Waals surface area contributed by atoms with Crippen molar-refractivity contribution < 1.29 is 37.3 Å². The zero-order valence-electron chi connectivity index (χ0n) is 19.0. The minimum absolute atomic E-state index is 0.00916. The number of carbonyl (C=O) groups is 2. The Labute approximate surface area is 184 Å². The number of amides is 1. The number of aliphatic hydroxyl groups is 1. The average molecular weight is 464 g/mol. The van der Waals surface area contributed by atoms with Crippen molar-refractivity contribution >= 4 is 17.7 Å². The number of rotatable bonds is 6. The lowest BCUT2D eigenvalue weighted by molar-refractivity contribution is -0.165. The smallest absolute Gasteiger partial charge is 0.435 e. The molecule has 32 heavy (non-hydrogen) atoms. The molecule has 2 heterocycles. The van der Waals surface area contributed by atoms with Gasteiger partial charge in [-0.3, -0.25) is 14.9 Å². The number of hydrogen-bond acceptors (Lipinski definition) is 7. The van der Waals surface area contributed by atoms with Crippen LogP contribution in [0, 0.1) is 0 Å². The van der Waals surface area contributed by atoms with E-state index in [-0.39, 0.29) is 13.2 Å². The molecule has 0 saturated carbocycles. The number of likely N-dealkylation sites (tertiary alicyclic amines) is 1. The molecule has 0 aromatic carbocycles. The minimum atomic E-state index is -4.74. The van der Waals surface area contributed by atoms with Crippen LogP contribution in [0.2, 0.25) is 0 Å². The predicted molar refractivity (Wildman–Crippen MR) is 109 cm³/mol. The maximum absolute atomic E-state index is 13.8. The van der Waals surface area contributed by atoms with Crippen molar-refractivity contribution in [1.29, 1.82) is 0 Å². The van der Waals surface area contributed by atoms with Crippen molar-refractivity contribution in [3.8, 4) is 0 Å². The molecule has 1 unspecified atom stereocenters. The average Bonchev–Trinajstić information content (AvgIpc) is 3.04. The summed E-state index contributed by atoms with van der Waals surface area (Å²) in [6, 6.07) is -0.565. The molecule has 1 atom stereocenters. The number of β-amino-alcohol motifs (C(OH)–C–C–N with tert-alkyl or cyclic N) is 1. The molecule has 1 aromatic rings. The topological polar surface area (TPSA) is 106 Å². The van der Waals surface area contributed by atoms with E-state index < -0.39 is 46.9 Å². The number of halogens is 3. The van der Waals surface area contributed by atoms with Crippen LogP contribution in [0.25, 0.3) is 0 Å². The van der Waals surface area contributed by atoms with Gasteiger partial charge in [0.15, 0.2) is 11.3 Å². The number of carbonyl (C=O) groups excluding carboxylic acids is 2. The van der Waals surface area contributed by atoms with Gasteiger partial charge in [-0.05, 0) is 47.5 Å². The maximum Gasteiger partial charge on any atom is 0.435 e. The summed E-state index contributed by atoms with van der Waals surface area (Å²) >= 11 is 0. The first-order chi connectivity index (χ1) is 14.6. The first-order valence-corrected chi connectivity index (χ1v) is 10.4. The molecule has 182 valence electrons. The number of esters is 1. The fourth-order valence-electron chi connectivity index (χ4n) is 3.54. The molecule has 0 bridgehead atoms. The Morgan fingerprint density at radius 1 is 1.22 bits per heavy atom. The van der Waals surface area contributed by atoms with Crippen molar-refractivity contribution in [2.45, 2.75) is 70.9 Å². The van der Waals surface area contributed by atoms with E-state index in [1.807, 2.05) is 0 Å². The molecule has 0 spiro atoms. The zero-order valence-corrected chi connectivity index (χ0v) is 19.0. The summed E-state index contributed by atoms with van der Waals surface area (Å²) in [4.78, 5) is 25.6. The van der Waals surface area contributed by atoms with Gasteiger partial charge in [0.1, 0.15) is 5.60 Å². The highest BCUT2D eigenvalue weighted by atomic mass is 19.4. The van der Waals surface area contributed by atoms with Gasteiger partial charge in [0, 0.05) is 19.6 Å². The monoisotopic (exact) mass is 464 g/mol. The Kier molecular flexibility index (Phi) is 7.82. The van der Waals surface area contributed by atoms with Gasteiger partial charge < -0.3 is 14.6 Å². The van der Waals surface area contributed by atoms with E-state index in [1.165, 1.54) is 6.92 Å². The first-order valence-electron chi connectivity index (χ1n) is 10.4. The van der Waals surface area contributed by atoms with Crippen molar-refractivity contribution in [3.63, 3.8) is 0 Å². The number of anilines is 1. The second-order valence-corrected chi connectivity index (χ2v) is 8.98. The van der Waals surface area contributed by atoms with Crippen LogP contribution in [0.15, 0.2) is 6.20 Å². The zero-order chi connectivity index (χ0) is 24.3. The van der Waals surface area contributed by atoms with Gasteiger partial charge >= 0.3 is 18.2 Å². The highest BCUT2D eigenvalue weighted by Gasteiger charge is 2.42. The highest BCUT2D eigenvalue weighted by Crippen LogP contribution is 2.38. The Hall–Kier alpha value is -2.34. The molecule has 1 aliphatic rings. The quantitative estimate of drug-likeness (QED) is 0.623. The Morgan fingerprint density at radius 2 is 1.81 bits per heavy atom. The van der Waals surface area contributed by atoms with Crippen LogP contribution in [0.4, 0.5) is 23.7 Å². The standard InChI is InChI=1S/C20H31F3N4O5/c1-6-31-16(28)19(5,30)12-26-9-7-13(8-10-26)27-15(20(21,22)23)14(11-24-27)25-17(29)32-18(2,3)4/h11,13,30H,6-10,12H2,1-5H3,(H,25,29). The molecule has 2 N–H and O–H groups in total. The summed E-state index contributed by atoms with van der Waals surface area (Å²) < 4.78 is 52.2. The van der Waals surface area contributed by atoms with Gasteiger partial charge in [-0.15, -0.1) is 0 Å². The highest BCUT2D eigenvalue weighted by molar-refractivity contribution is 5.85. The van der Waals surface area contributed by atoms with Gasteiger partial charge in [-0.2, -0.15) is 18.3 Å². The molecule has 1 saturated heterocycles. The molecule has 2 rings (SSSR count). The lowest BCUT2D eigenvalue weighted by atomic mass is 10.0. The Bertz CT molecular complexity index is 809. The van der Waals surface area contributed by atoms with Gasteiger partial charge in [0.05, 0.1) is 24.5 Å². The molecular formula is C20H31F3N4O5. The van der Waals surface area contributed by atoms with Gasteiger partial charge in [-0.25, -0.2) is 9.59 Å². The summed E-state index contributed by atoms with van der Waals surface area (Å²) in [5.74, 6) is -0.744. The molecule has 1 aliphatic heterocycles. The lowest BCUT2D eigenvalue weighted by Crippen LogP contribution is -2.50. The van der Waals surface area contributed by atoms with Crippen molar-refractivity contribution in [2.24, 2.45) is 0 Å². The number of alkyl halides is 3. The van der Waals surface area contributed by atoms with Gasteiger partial charge in [-0.1, -0.05) is 0 Å². The fourth-order valence-corrected chi connectivity index (χ4v) is 3.54. The van der Waals surface area contributed by atoms with E-state index in [9.17, 15) is 27.9 Å². The van der Waals surface area contributed by atoms with Crippen LogP contribution >= 0.6 is 0 Å². The van der Waals surface area contributed by atoms with E-state index in [0.29, 0.717) is 25.9 Å². The summed E-state index contributed by atoms with van der Waals surface area (Å²) in [7, 11) is 0. The molecule has 12 heteroatoms. The summed E-state index contributed by atoms with van der Waals surface area (Å²) in [6.07, 6.45) is -4.15. The van der Waals surface area contributed by atoms with Crippen LogP contribution < -0.4 is 5.32 Å². The summed E-state index contributed by atoms with van der Waals surface area (Å²) in [5, 5.41) is 16.4. The van der Waals surface area contributed by atoms with Gasteiger partial charge in [0.2, 0.25) is 0 Å². The molecular weight excluding hydrogens is 433 g/mol. The van der Waals surface area contributed by atoms with E-state index >= 15 is 0 Å². The van der Waals surface area contributed by atoms with E-state index in [2.05, 4.69) is 10.4 Å². The first kappa shape index (κ1) is 25.9. The fraction of sp³-hybridized carbons (Fsp3) is 0.750. The molecule has 0 radical (unpaired) electrons. The summed E-state index contributed by atoms with van der Waals surface area (Å²) in [5.41, 5.74) is -4.11. The maximum atomic E-state index is 13.8. The lowest BCUT2D eigenvalue weighted by Gasteiger charge is -2.36. The third-order valence-corrected chi connectivity index (χ3v) is 4.85. The molecule has 1 aromatic heterocycles. The SMILES string of the molecule is CCOC(=O)C(C)(O)CN1CCC(n2ncc(NC(=O)OC(C)(C)C)c2C(F)(F)F)CC1. The van der Waals surface area contributed by atoms with Crippen molar-refractivity contribution in [2.75, 3.05) is 31.6 Å². The molecule has 0 aliphatic carbocycles. The number of nitrogens with one attached hydrogen (secondary N) is 1. The third-order valence-electron chi connectivity index (χ3n) is 4.85. The largest absolute Gasteiger partial charge is 0.464 e. The van der Waals surface area contributed by atoms with Crippen molar-refractivity contribution in [1.82, 2.24) is 14.7 Å². The normalized spacial score (nSPS) is 18.2. The third kappa shape index (κ3) is 6.83.